The second-order valence-corrected chi connectivity index (χ2v) is 12.2. The maximum Gasteiger partial charge on any atom is 0.242 e. The predicted molar refractivity (Wildman–Crippen MR) is 137 cm³/mol. The molecule has 3 aromatic rings. The molecule has 2 aliphatic rings. The van der Waals surface area contributed by atoms with Gasteiger partial charge >= 0.3 is 0 Å². The van der Waals surface area contributed by atoms with Crippen molar-refractivity contribution in [2.24, 2.45) is 16.6 Å². The van der Waals surface area contributed by atoms with E-state index < -0.39 is 54.1 Å². The van der Waals surface area contributed by atoms with Gasteiger partial charge in [-0.3, -0.25) is 0 Å². The summed E-state index contributed by atoms with van der Waals surface area (Å²) < 4.78 is 55.6. The van der Waals surface area contributed by atoms with Gasteiger partial charge in [-0.15, -0.1) is 0 Å². The second-order valence-electron chi connectivity index (χ2n) is 9.03. The average Bonchev–Trinajstić information content (AvgIpc) is 3.63. The SMILES string of the molecule is N[C@H](CO)c1nc2c(-c3ccc(S(=O)(=O)N[C@H]4CNC[C@H]4N)c(S(N)(=O)=O)c3C3NNNN3)cccc2[nH]1. The number of para-hydroxylation sites is 1. The minimum absolute atomic E-state index is 0.0326. The van der Waals surface area contributed by atoms with E-state index in [4.69, 9.17) is 16.6 Å². The molecule has 0 radical (unpaired) electrons. The molecule has 18 heteroatoms. The van der Waals surface area contributed by atoms with E-state index in [2.05, 4.69) is 41.9 Å². The summed E-state index contributed by atoms with van der Waals surface area (Å²) in [6, 6.07) is 5.94. The molecule has 206 valence electrons. The van der Waals surface area contributed by atoms with E-state index in [1.54, 1.807) is 18.2 Å². The minimum Gasteiger partial charge on any atom is -0.394 e. The standard InChI is InChI=1S/C20H29N11O5S2/c21-11-6-24-7-14(11)29-38(35,36)15-5-4-9(16(18(15)37(23,33)34)20-27-30-31-28-20)10-2-1-3-13-17(10)26-19(25-13)12(22)8-32/h1-5,11-12,14,20,24,27-32H,6-8,21-22H2,(H,25,26)(H2,23,33,34)/t11-,12-,14+/m1/s1. The lowest BCUT2D eigenvalue weighted by Crippen LogP contribution is -2.47. The number of sulfonamides is 2. The number of primary sulfonamides is 1. The van der Waals surface area contributed by atoms with E-state index >= 15 is 0 Å². The molecule has 3 atom stereocenters. The van der Waals surface area contributed by atoms with E-state index in [-0.39, 0.29) is 18.7 Å². The molecule has 0 aliphatic carbocycles. The van der Waals surface area contributed by atoms with Crippen molar-refractivity contribution in [2.45, 2.75) is 34.1 Å². The number of H-pyrrole nitrogens is 1. The van der Waals surface area contributed by atoms with Crippen LogP contribution in [0.2, 0.25) is 0 Å². The predicted octanol–water partition coefficient (Wildman–Crippen LogP) is -3.44. The van der Waals surface area contributed by atoms with Crippen molar-refractivity contribution in [3.05, 3.63) is 41.7 Å². The summed E-state index contributed by atoms with van der Waals surface area (Å²) in [6.45, 7) is 0.348. The number of imidazole rings is 1. The third-order valence-corrected chi connectivity index (χ3v) is 9.13. The van der Waals surface area contributed by atoms with E-state index in [0.29, 0.717) is 34.5 Å². The number of aromatic nitrogens is 2. The number of hydrogen-bond acceptors (Lipinski definition) is 13. The van der Waals surface area contributed by atoms with Crippen LogP contribution in [0.5, 0.6) is 0 Å². The first-order valence-electron chi connectivity index (χ1n) is 11.6. The zero-order valence-electron chi connectivity index (χ0n) is 19.9. The monoisotopic (exact) mass is 567 g/mol. The summed E-state index contributed by atoms with van der Waals surface area (Å²) in [6.07, 6.45) is -0.933. The molecule has 0 bridgehead atoms. The molecule has 0 saturated carbocycles. The molecule has 3 heterocycles. The summed E-state index contributed by atoms with van der Waals surface area (Å²) in [5, 5.41) is 18.1. The van der Waals surface area contributed by atoms with Gasteiger partial charge in [0.15, 0.2) is 0 Å². The zero-order chi connectivity index (χ0) is 27.2. The molecule has 0 unspecified atom stereocenters. The summed E-state index contributed by atoms with van der Waals surface area (Å²) >= 11 is 0. The first kappa shape index (κ1) is 27.0. The molecule has 2 saturated heterocycles. The molecule has 38 heavy (non-hydrogen) atoms. The molecule has 1 aromatic heterocycles. The highest BCUT2D eigenvalue weighted by Crippen LogP contribution is 2.39. The Morgan fingerprint density at radius 2 is 1.82 bits per heavy atom. The van der Waals surface area contributed by atoms with Gasteiger partial charge in [0.05, 0.1) is 29.7 Å². The molecule has 0 spiro atoms. The Hall–Kier alpha value is -2.59. The van der Waals surface area contributed by atoms with Crippen molar-refractivity contribution < 1.29 is 21.9 Å². The summed E-state index contributed by atoms with van der Waals surface area (Å²) in [7, 11) is -9.00. The Morgan fingerprint density at radius 3 is 2.45 bits per heavy atom. The lowest BCUT2D eigenvalue weighted by Gasteiger charge is -2.23. The maximum absolute atomic E-state index is 13.5. The number of rotatable bonds is 8. The number of benzene rings is 2. The van der Waals surface area contributed by atoms with Gasteiger partial charge in [-0.1, -0.05) is 18.2 Å². The maximum atomic E-state index is 13.5. The topological polar surface area (TPSA) is 267 Å². The molecule has 16 nitrogen and oxygen atoms in total. The summed E-state index contributed by atoms with van der Waals surface area (Å²) in [5.41, 5.74) is 24.7. The van der Waals surface area contributed by atoms with Gasteiger partial charge in [0.1, 0.15) is 21.8 Å². The van der Waals surface area contributed by atoms with Crippen molar-refractivity contribution in [2.75, 3.05) is 19.7 Å². The van der Waals surface area contributed by atoms with Gasteiger partial charge < -0.3 is 26.9 Å². The first-order valence-corrected chi connectivity index (χ1v) is 14.6. The Kier molecular flexibility index (Phi) is 7.24. The Balaban J connectivity index is 1.76. The van der Waals surface area contributed by atoms with Gasteiger partial charge in [-0.05, 0) is 17.7 Å². The van der Waals surface area contributed by atoms with Crippen LogP contribution >= 0.6 is 0 Å². The molecule has 14 N–H and O–H groups in total. The van der Waals surface area contributed by atoms with Crippen LogP contribution in [0.15, 0.2) is 40.1 Å². The number of hydrazine groups is 3. The van der Waals surface area contributed by atoms with Crippen LogP contribution < -0.4 is 48.6 Å². The minimum atomic E-state index is -4.61. The van der Waals surface area contributed by atoms with E-state index in [1.165, 1.54) is 12.1 Å². The van der Waals surface area contributed by atoms with Crippen LogP contribution in [-0.4, -0.2) is 63.7 Å². The van der Waals surface area contributed by atoms with Crippen LogP contribution in [0.4, 0.5) is 0 Å². The number of hydrogen-bond donors (Lipinski definition) is 11. The number of aliphatic hydroxyl groups excluding tert-OH is 1. The summed E-state index contributed by atoms with van der Waals surface area (Å²) in [4.78, 5) is 6.45. The smallest absolute Gasteiger partial charge is 0.242 e. The second kappa shape index (κ2) is 10.2. The number of aliphatic hydroxyl groups is 1. The Bertz CT molecular complexity index is 1570. The van der Waals surface area contributed by atoms with E-state index in [9.17, 15) is 21.9 Å². The van der Waals surface area contributed by atoms with Crippen molar-refractivity contribution in [1.82, 2.24) is 41.9 Å². The fraction of sp³-hybridized carbons (Fsp3) is 0.350. The van der Waals surface area contributed by atoms with Crippen LogP contribution in [0.1, 0.15) is 23.6 Å². The fourth-order valence-electron chi connectivity index (χ4n) is 4.62. The molecule has 2 fully saturated rings. The van der Waals surface area contributed by atoms with Crippen molar-refractivity contribution in [3.8, 4) is 11.1 Å². The lowest BCUT2D eigenvalue weighted by molar-refractivity contribution is 0.264. The number of aromatic amines is 1. The number of nitrogens with zero attached hydrogens (tertiary/aromatic N) is 1. The van der Waals surface area contributed by atoms with Crippen LogP contribution in [0.25, 0.3) is 22.2 Å². The third kappa shape index (κ3) is 4.93. The number of fused-ring (bicyclic) bond motifs is 1. The van der Waals surface area contributed by atoms with Crippen molar-refractivity contribution >= 4 is 31.1 Å². The van der Waals surface area contributed by atoms with Gasteiger partial charge in [0, 0.05) is 30.3 Å². The van der Waals surface area contributed by atoms with Crippen LogP contribution in [-0.2, 0) is 20.0 Å². The van der Waals surface area contributed by atoms with Gasteiger partial charge in [0.2, 0.25) is 20.0 Å². The third-order valence-electron chi connectivity index (χ3n) is 6.45. The number of nitrogens with two attached hydrogens (primary N) is 3. The first-order chi connectivity index (χ1) is 18.0. The van der Waals surface area contributed by atoms with Gasteiger partial charge in [-0.25, -0.2) is 42.5 Å². The molecule has 0 amide bonds. The normalized spacial score (nSPS) is 21.9. The average molecular weight is 568 g/mol. The largest absolute Gasteiger partial charge is 0.394 e. The Labute approximate surface area is 218 Å². The molecule has 2 aromatic carbocycles. The van der Waals surface area contributed by atoms with Crippen molar-refractivity contribution in [3.63, 3.8) is 0 Å². The highest BCUT2D eigenvalue weighted by molar-refractivity contribution is 7.92. The van der Waals surface area contributed by atoms with Gasteiger partial charge in [0.25, 0.3) is 0 Å². The van der Waals surface area contributed by atoms with Crippen LogP contribution in [0.3, 0.4) is 0 Å². The zero-order valence-corrected chi connectivity index (χ0v) is 21.5. The van der Waals surface area contributed by atoms with E-state index in [0.717, 1.165) is 0 Å². The quantitative estimate of drug-likeness (QED) is 0.127. The van der Waals surface area contributed by atoms with Crippen LogP contribution in [0, 0.1) is 0 Å². The highest BCUT2D eigenvalue weighted by Gasteiger charge is 2.37. The van der Waals surface area contributed by atoms with Crippen molar-refractivity contribution in [1.29, 1.82) is 0 Å². The lowest BCUT2D eigenvalue weighted by atomic mass is 9.96. The fourth-order valence-corrected chi connectivity index (χ4v) is 7.57. The Morgan fingerprint density at radius 1 is 1.08 bits per heavy atom. The highest BCUT2D eigenvalue weighted by atomic mass is 32.2. The molecule has 2 aliphatic heterocycles. The molecular formula is C20H29N11O5S2. The van der Waals surface area contributed by atoms with E-state index in [1.807, 2.05) is 0 Å². The number of nitrogens with one attached hydrogen (secondary N) is 7. The summed E-state index contributed by atoms with van der Waals surface area (Å²) in [5.74, 6) is 0.327. The molecular weight excluding hydrogens is 538 g/mol. The van der Waals surface area contributed by atoms with Gasteiger partial charge in [-0.2, -0.15) is 11.1 Å². The molecule has 5 rings (SSSR count).